The highest BCUT2D eigenvalue weighted by atomic mass is 32.2. The third kappa shape index (κ3) is 10.1. The molecule has 8 atom stereocenters. The number of aromatic nitrogens is 1. The van der Waals surface area contributed by atoms with Gasteiger partial charge in [-0.25, -0.2) is 9.18 Å². The number of benzene rings is 3. The normalized spacial score (nSPS) is 22.7. The van der Waals surface area contributed by atoms with Gasteiger partial charge in [-0.15, -0.1) is 11.8 Å². The second-order valence-electron chi connectivity index (χ2n) is 13.7. The van der Waals surface area contributed by atoms with E-state index in [4.69, 9.17) is 33.2 Å². The van der Waals surface area contributed by atoms with Crippen LogP contribution in [0.5, 0.6) is 5.75 Å². The minimum absolute atomic E-state index is 0.158. The maximum Gasteiger partial charge on any atom is 0.339 e. The van der Waals surface area contributed by atoms with Crippen LogP contribution in [-0.2, 0) is 57.2 Å². The van der Waals surface area contributed by atoms with Gasteiger partial charge < -0.3 is 38.1 Å². The summed E-state index contributed by atoms with van der Waals surface area (Å²) >= 11 is 1.28. The van der Waals surface area contributed by atoms with Crippen LogP contribution in [-0.4, -0.2) is 89.6 Å². The first-order valence-electron chi connectivity index (χ1n) is 18.6. The van der Waals surface area contributed by atoms with E-state index in [0.717, 1.165) is 39.0 Å². The predicted octanol–water partition coefficient (Wildman–Crippen LogP) is 5.45. The Bertz CT molecular complexity index is 2190. The van der Waals surface area contributed by atoms with Crippen LogP contribution in [0.1, 0.15) is 51.0 Å². The molecule has 314 valence electrons. The predicted molar refractivity (Wildman–Crippen MR) is 211 cm³/mol. The monoisotopic (exact) mass is 844 g/mol. The molecule has 2 aliphatic heterocycles. The SMILES string of the molecule is COC(=O)[C@H]1O[C@@H](Oc2ccc([C@@H]3[C@@H](SC[C@@H](OC(C)=O)c4ccc(F)cc4)C(=O)N3c3ccc(-c4cccnc4)cc3)cc2)[C@H](OC(C)=O)[C@@H](OC(C)=O)[C@H]1OC(C)=O. The summed E-state index contributed by atoms with van der Waals surface area (Å²) in [6, 6.07) is 22.8. The van der Waals surface area contributed by atoms with Gasteiger partial charge in [-0.2, -0.15) is 0 Å². The molecule has 0 unspecified atom stereocenters. The largest absolute Gasteiger partial charge is 0.467 e. The molecule has 3 aromatic carbocycles. The van der Waals surface area contributed by atoms with Crippen LogP contribution in [0.15, 0.2) is 97.3 Å². The second-order valence-corrected chi connectivity index (χ2v) is 14.9. The van der Waals surface area contributed by atoms with Gasteiger partial charge >= 0.3 is 29.8 Å². The van der Waals surface area contributed by atoms with Gasteiger partial charge in [-0.05, 0) is 64.7 Å². The number of hydrogen-bond donors (Lipinski definition) is 0. The molecule has 0 aliphatic carbocycles. The van der Waals surface area contributed by atoms with Crippen LogP contribution in [0.2, 0.25) is 0 Å². The van der Waals surface area contributed by atoms with Crippen molar-refractivity contribution in [1.82, 2.24) is 4.98 Å². The van der Waals surface area contributed by atoms with Crippen LogP contribution in [0, 0.1) is 5.82 Å². The first-order chi connectivity index (χ1) is 28.7. The third-order valence-electron chi connectivity index (χ3n) is 9.47. The number of rotatable bonds is 14. The minimum atomic E-state index is -1.65. The van der Waals surface area contributed by atoms with E-state index >= 15 is 0 Å². The Morgan fingerprint density at radius 2 is 1.42 bits per heavy atom. The highest BCUT2D eigenvalue weighted by molar-refractivity contribution is 8.00. The molecule has 1 amide bonds. The van der Waals surface area contributed by atoms with E-state index < -0.39 is 83.8 Å². The number of esters is 5. The fourth-order valence-corrected chi connectivity index (χ4v) is 8.26. The van der Waals surface area contributed by atoms with Crippen molar-refractivity contribution in [2.75, 3.05) is 17.8 Å². The third-order valence-corrected chi connectivity index (χ3v) is 10.8. The number of amides is 1. The van der Waals surface area contributed by atoms with Crippen LogP contribution in [0.25, 0.3) is 11.1 Å². The summed E-state index contributed by atoms with van der Waals surface area (Å²) in [7, 11) is 1.08. The number of anilines is 1. The number of hydrogen-bond acceptors (Lipinski definition) is 15. The molecule has 6 rings (SSSR count). The molecule has 0 saturated carbocycles. The van der Waals surface area contributed by atoms with Crippen molar-refractivity contribution in [3.63, 3.8) is 0 Å². The minimum Gasteiger partial charge on any atom is -0.467 e. The van der Waals surface area contributed by atoms with E-state index in [0.29, 0.717) is 16.8 Å². The Labute approximate surface area is 348 Å². The molecule has 3 heterocycles. The summed E-state index contributed by atoms with van der Waals surface area (Å²) in [6.07, 6.45) is -5.20. The zero-order valence-corrected chi connectivity index (χ0v) is 33.9. The Hall–Kier alpha value is -6.33. The van der Waals surface area contributed by atoms with Crippen LogP contribution < -0.4 is 9.64 Å². The van der Waals surface area contributed by atoms with Crippen LogP contribution >= 0.6 is 11.8 Å². The molecular formula is C43H41FN2O13S. The number of thioether (sulfide) groups is 1. The number of carbonyl (C=O) groups excluding carboxylic acids is 6. The highest BCUT2D eigenvalue weighted by Gasteiger charge is 2.56. The van der Waals surface area contributed by atoms with Gasteiger partial charge in [-0.3, -0.25) is 29.0 Å². The molecule has 0 bridgehead atoms. The molecule has 2 fully saturated rings. The van der Waals surface area contributed by atoms with Crippen molar-refractivity contribution in [2.24, 2.45) is 0 Å². The number of pyridine rings is 1. The summed E-state index contributed by atoms with van der Waals surface area (Å²) in [6.45, 7) is 4.54. The zero-order valence-electron chi connectivity index (χ0n) is 33.1. The Balaban J connectivity index is 1.30. The van der Waals surface area contributed by atoms with Gasteiger partial charge in [0.05, 0.1) is 13.2 Å². The number of halogens is 1. The van der Waals surface area contributed by atoms with Crippen molar-refractivity contribution in [1.29, 1.82) is 0 Å². The molecule has 17 heteroatoms. The molecule has 0 N–H and O–H groups in total. The summed E-state index contributed by atoms with van der Waals surface area (Å²) < 4.78 is 52.5. The average Bonchev–Trinajstić information content (AvgIpc) is 3.21. The van der Waals surface area contributed by atoms with Crippen molar-refractivity contribution in [3.05, 3.63) is 114 Å². The zero-order chi connectivity index (χ0) is 43.1. The van der Waals surface area contributed by atoms with Gasteiger partial charge in [0, 0.05) is 51.5 Å². The van der Waals surface area contributed by atoms with E-state index in [1.165, 1.54) is 43.0 Å². The van der Waals surface area contributed by atoms with Gasteiger partial charge in [0.1, 0.15) is 22.9 Å². The van der Waals surface area contributed by atoms with Crippen LogP contribution in [0.3, 0.4) is 0 Å². The number of β-lactam (4-membered cyclic amide) rings is 1. The van der Waals surface area contributed by atoms with Gasteiger partial charge in [0.2, 0.25) is 18.3 Å². The summed E-state index contributed by atoms with van der Waals surface area (Å²) in [5, 5.41) is -0.646. The summed E-state index contributed by atoms with van der Waals surface area (Å²) in [4.78, 5) is 81.4. The molecule has 4 aromatic rings. The molecular weight excluding hydrogens is 804 g/mol. The van der Waals surface area contributed by atoms with Gasteiger partial charge in [0.25, 0.3) is 0 Å². The smallest absolute Gasteiger partial charge is 0.339 e. The van der Waals surface area contributed by atoms with Crippen molar-refractivity contribution in [2.45, 2.75) is 75.8 Å². The molecule has 60 heavy (non-hydrogen) atoms. The quantitative estimate of drug-likeness (QED) is 0.0886. The maximum atomic E-state index is 14.0. The van der Waals surface area contributed by atoms with Crippen LogP contribution in [0.4, 0.5) is 10.1 Å². The van der Waals surface area contributed by atoms with Crippen molar-refractivity contribution < 1.29 is 66.3 Å². The topological polar surface area (TPSA) is 183 Å². The fourth-order valence-electron chi connectivity index (χ4n) is 6.90. The van der Waals surface area contributed by atoms with E-state index in [-0.39, 0.29) is 17.4 Å². The lowest BCUT2D eigenvalue weighted by molar-refractivity contribution is -0.282. The highest BCUT2D eigenvalue weighted by Crippen LogP contribution is 2.47. The molecule has 0 radical (unpaired) electrons. The molecule has 0 spiro atoms. The first kappa shape index (κ1) is 43.3. The second kappa shape index (κ2) is 19.2. The Kier molecular flexibility index (Phi) is 13.8. The lowest BCUT2D eigenvalue weighted by Gasteiger charge is -2.47. The Morgan fingerprint density at radius 1 is 0.783 bits per heavy atom. The number of methoxy groups -OCH3 is 1. The van der Waals surface area contributed by atoms with Crippen molar-refractivity contribution >= 4 is 53.2 Å². The molecule has 2 saturated heterocycles. The number of carbonyl (C=O) groups is 6. The number of ether oxygens (including phenoxy) is 7. The standard InChI is InChI=1S/C43H41FN2O13S/c1-23(47)54-34(28-8-14-31(44)15-9-28)22-60-40-35(46(41(40)51)32-16-10-27(11-17-32)30-7-6-20-45-21-30)29-12-18-33(19-13-29)58-43-39(57-26(4)50)37(56-25(3)49)36(55-24(2)48)38(59-43)42(52)53-5/h6-21,34-40,43H,22H2,1-5H3/t34-,35-,36-,37+,38+,39-,40-,43-/m1/s1. The van der Waals surface area contributed by atoms with E-state index in [1.54, 1.807) is 41.6 Å². The maximum absolute atomic E-state index is 14.0. The first-order valence-corrected chi connectivity index (χ1v) is 19.7. The van der Waals surface area contributed by atoms with E-state index in [9.17, 15) is 33.2 Å². The molecule has 1 aromatic heterocycles. The van der Waals surface area contributed by atoms with Gasteiger partial charge in [-0.1, -0.05) is 42.5 Å². The molecule has 15 nitrogen and oxygen atoms in total. The van der Waals surface area contributed by atoms with Crippen molar-refractivity contribution in [3.8, 4) is 16.9 Å². The number of nitrogens with zero attached hydrogens (tertiary/aromatic N) is 2. The molecule has 2 aliphatic rings. The summed E-state index contributed by atoms with van der Waals surface area (Å²) in [5.74, 6) is -4.32. The van der Waals surface area contributed by atoms with E-state index in [1.807, 2.05) is 36.4 Å². The lowest BCUT2D eigenvalue weighted by atomic mass is 9.92. The average molecular weight is 845 g/mol. The van der Waals surface area contributed by atoms with E-state index in [2.05, 4.69) is 4.98 Å². The summed E-state index contributed by atoms with van der Waals surface area (Å²) in [5.41, 5.74) is 3.66. The Morgan fingerprint density at radius 3 is 2.00 bits per heavy atom. The lowest BCUT2D eigenvalue weighted by Crippen LogP contribution is -2.64. The fraction of sp³-hybridized carbons (Fsp3) is 0.326. The van der Waals surface area contributed by atoms with Gasteiger partial charge in [0.15, 0.2) is 18.3 Å².